The van der Waals surface area contributed by atoms with E-state index in [0.29, 0.717) is 13.1 Å². The summed E-state index contributed by atoms with van der Waals surface area (Å²) in [7, 11) is -3.95. The van der Waals surface area contributed by atoms with Gasteiger partial charge in [0.15, 0.2) is 0 Å². The van der Waals surface area contributed by atoms with E-state index in [4.69, 9.17) is 4.42 Å². The van der Waals surface area contributed by atoms with Crippen LogP contribution in [-0.4, -0.2) is 51.0 Å². The van der Waals surface area contributed by atoms with Gasteiger partial charge in [-0.25, -0.2) is 12.8 Å². The van der Waals surface area contributed by atoms with Gasteiger partial charge in [-0.2, -0.15) is 4.98 Å². The van der Waals surface area contributed by atoms with Gasteiger partial charge in [0, 0.05) is 26.2 Å². The summed E-state index contributed by atoms with van der Waals surface area (Å²) in [5.74, 6) is 0.0429. The number of anilines is 1. The second-order valence-corrected chi connectivity index (χ2v) is 9.30. The van der Waals surface area contributed by atoms with E-state index in [-0.39, 0.29) is 21.7 Å². The van der Waals surface area contributed by atoms with E-state index < -0.39 is 15.7 Å². The zero-order valence-electron chi connectivity index (χ0n) is 15.3. The number of oxazole rings is 1. The molecule has 0 spiro atoms. The lowest BCUT2D eigenvalue weighted by atomic mass is 10.3. The highest BCUT2D eigenvalue weighted by Gasteiger charge is 2.32. The van der Waals surface area contributed by atoms with Crippen molar-refractivity contribution in [1.82, 2.24) is 9.88 Å². The summed E-state index contributed by atoms with van der Waals surface area (Å²) in [4.78, 5) is 9.31. The highest BCUT2D eigenvalue weighted by atomic mass is 32.2. The average molecular weight is 422 g/mol. The maximum Gasteiger partial charge on any atom is 0.240 e. The van der Waals surface area contributed by atoms with Gasteiger partial charge in [0.25, 0.3) is 0 Å². The number of hydrogen-bond acceptors (Lipinski definition) is 7. The maximum absolute atomic E-state index is 13.3. The molecule has 1 aliphatic heterocycles. The van der Waals surface area contributed by atoms with E-state index in [1.165, 1.54) is 23.5 Å². The standard InChI is InChI=1S/C19H20FN3O3S2/c1-2-22-9-11-23(12-10-22)19-18(21-17(26-19)16-4-3-13-27-16)28(24,25)15-7-5-14(20)6-8-15/h3-8,13H,2,9-12H2,1H3. The molecule has 1 saturated heterocycles. The Morgan fingerprint density at radius 2 is 1.86 bits per heavy atom. The average Bonchev–Trinajstić information content (AvgIpc) is 3.38. The first kappa shape index (κ1) is 19.1. The smallest absolute Gasteiger partial charge is 0.240 e. The first-order valence-corrected chi connectivity index (χ1v) is 11.4. The minimum absolute atomic E-state index is 0.00614. The Bertz CT molecular complexity index is 1040. The van der Waals surface area contributed by atoms with Gasteiger partial charge in [-0.15, -0.1) is 11.3 Å². The van der Waals surface area contributed by atoms with E-state index in [9.17, 15) is 12.8 Å². The third-order valence-electron chi connectivity index (χ3n) is 4.80. The second-order valence-electron chi connectivity index (χ2n) is 6.49. The Kier molecular flexibility index (Phi) is 5.22. The summed E-state index contributed by atoms with van der Waals surface area (Å²) < 4.78 is 45.7. The van der Waals surface area contributed by atoms with Crippen LogP contribution in [0.1, 0.15) is 6.92 Å². The van der Waals surface area contributed by atoms with Crippen LogP contribution in [0.3, 0.4) is 0 Å². The molecule has 9 heteroatoms. The molecule has 3 aromatic rings. The molecular weight excluding hydrogens is 401 g/mol. The molecule has 1 fully saturated rings. The van der Waals surface area contributed by atoms with Crippen LogP contribution >= 0.6 is 11.3 Å². The van der Waals surface area contributed by atoms with Gasteiger partial charge in [-0.05, 0) is 42.3 Å². The molecule has 1 aliphatic rings. The molecule has 4 rings (SSSR count). The predicted molar refractivity (Wildman–Crippen MR) is 106 cm³/mol. The number of sulfone groups is 1. The van der Waals surface area contributed by atoms with Gasteiger partial charge in [0.1, 0.15) is 5.82 Å². The van der Waals surface area contributed by atoms with E-state index in [0.717, 1.165) is 36.6 Å². The lowest BCUT2D eigenvalue weighted by Crippen LogP contribution is -2.46. The number of hydrogen-bond donors (Lipinski definition) is 0. The van der Waals surface area contributed by atoms with Crippen LogP contribution in [0.5, 0.6) is 0 Å². The van der Waals surface area contributed by atoms with Gasteiger partial charge in [0.2, 0.25) is 26.6 Å². The summed E-state index contributed by atoms with van der Waals surface area (Å²) >= 11 is 1.43. The molecule has 0 bridgehead atoms. The summed E-state index contributed by atoms with van der Waals surface area (Å²) in [6, 6.07) is 8.47. The van der Waals surface area contributed by atoms with Crippen LogP contribution < -0.4 is 4.90 Å². The molecule has 6 nitrogen and oxygen atoms in total. The van der Waals surface area contributed by atoms with E-state index in [2.05, 4.69) is 16.8 Å². The fourth-order valence-corrected chi connectivity index (χ4v) is 5.14. The van der Waals surface area contributed by atoms with Crippen molar-refractivity contribution >= 4 is 27.1 Å². The quantitative estimate of drug-likeness (QED) is 0.588. The number of likely N-dealkylation sites (N-methyl/N-ethyl adjacent to an activating group) is 1. The van der Waals surface area contributed by atoms with Crippen molar-refractivity contribution in [3.63, 3.8) is 0 Å². The highest BCUT2D eigenvalue weighted by molar-refractivity contribution is 7.91. The maximum atomic E-state index is 13.3. The van der Waals surface area contributed by atoms with Gasteiger partial charge >= 0.3 is 0 Å². The highest BCUT2D eigenvalue weighted by Crippen LogP contribution is 2.36. The van der Waals surface area contributed by atoms with E-state index in [1.807, 2.05) is 22.4 Å². The topological polar surface area (TPSA) is 66.7 Å². The Balaban J connectivity index is 1.78. The Hall–Kier alpha value is -2.23. The summed E-state index contributed by atoms with van der Waals surface area (Å²) in [6.45, 7) is 6.00. The number of benzene rings is 1. The molecule has 28 heavy (non-hydrogen) atoms. The number of rotatable bonds is 5. The molecule has 0 atom stereocenters. The number of thiophene rings is 1. The van der Waals surface area contributed by atoms with E-state index >= 15 is 0 Å². The normalized spacial score (nSPS) is 15.9. The van der Waals surface area contributed by atoms with Crippen LogP contribution in [0.2, 0.25) is 0 Å². The van der Waals surface area contributed by atoms with Crippen LogP contribution in [0.4, 0.5) is 10.3 Å². The Morgan fingerprint density at radius 1 is 1.14 bits per heavy atom. The molecule has 2 aromatic heterocycles. The molecule has 0 radical (unpaired) electrons. The zero-order valence-corrected chi connectivity index (χ0v) is 17.0. The van der Waals surface area contributed by atoms with Gasteiger partial charge < -0.3 is 14.2 Å². The van der Waals surface area contributed by atoms with Crippen molar-refractivity contribution in [1.29, 1.82) is 0 Å². The first-order chi connectivity index (χ1) is 13.5. The first-order valence-electron chi connectivity index (χ1n) is 9.01. The number of piperazine rings is 1. The van der Waals surface area contributed by atoms with Crippen molar-refractivity contribution in [3.8, 4) is 10.8 Å². The molecule has 3 heterocycles. The fraction of sp³-hybridized carbons (Fsp3) is 0.316. The van der Waals surface area contributed by atoms with Crippen LogP contribution in [-0.2, 0) is 9.84 Å². The molecular formula is C19H20FN3O3S2. The number of aromatic nitrogens is 1. The fourth-order valence-electron chi connectivity index (χ4n) is 3.17. The third-order valence-corrected chi connectivity index (χ3v) is 7.32. The summed E-state index contributed by atoms with van der Waals surface area (Å²) in [5.41, 5.74) is 0. The lowest BCUT2D eigenvalue weighted by molar-refractivity contribution is 0.266. The van der Waals surface area contributed by atoms with Crippen molar-refractivity contribution in [2.45, 2.75) is 16.8 Å². The molecule has 0 amide bonds. The van der Waals surface area contributed by atoms with Crippen molar-refractivity contribution < 1.29 is 17.2 Å². The van der Waals surface area contributed by atoms with Crippen LogP contribution in [0, 0.1) is 5.82 Å². The molecule has 0 N–H and O–H groups in total. The molecule has 0 aliphatic carbocycles. The summed E-state index contributed by atoms with van der Waals surface area (Å²) in [5, 5.41) is 1.76. The second kappa shape index (κ2) is 7.65. The Labute approximate surface area is 167 Å². The molecule has 1 aromatic carbocycles. The van der Waals surface area contributed by atoms with Crippen molar-refractivity contribution in [2.24, 2.45) is 0 Å². The SMILES string of the molecule is CCN1CCN(c2oc(-c3cccs3)nc2S(=O)(=O)c2ccc(F)cc2)CC1. The van der Waals surface area contributed by atoms with Gasteiger partial charge in [0.05, 0.1) is 9.77 Å². The van der Waals surface area contributed by atoms with E-state index in [1.54, 1.807) is 0 Å². The molecule has 0 saturated carbocycles. The lowest BCUT2D eigenvalue weighted by Gasteiger charge is -2.33. The van der Waals surface area contributed by atoms with Crippen LogP contribution in [0.25, 0.3) is 10.8 Å². The van der Waals surface area contributed by atoms with Crippen molar-refractivity contribution in [3.05, 3.63) is 47.6 Å². The van der Waals surface area contributed by atoms with Crippen molar-refractivity contribution in [2.75, 3.05) is 37.6 Å². The minimum atomic E-state index is -3.95. The predicted octanol–water partition coefficient (Wildman–Crippen LogP) is 3.52. The molecule has 0 unspecified atom stereocenters. The third kappa shape index (κ3) is 3.57. The van der Waals surface area contributed by atoms with Gasteiger partial charge in [-0.3, -0.25) is 0 Å². The number of halogens is 1. The molecule has 148 valence electrons. The monoisotopic (exact) mass is 421 g/mol. The Morgan fingerprint density at radius 3 is 2.46 bits per heavy atom. The zero-order chi connectivity index (χ0) is 19.7. The largest absolute Gasteiger partial charge is 0.418 e. The minimum Gasteiger partial charge on any atom is -0.418 e. The number of nitrogens with zero attached hydrogens (tertiary/aromatic N) is 3. The van der Waals surface area contributed by atoms with Gasteiger partial charge in [-0.1, -0.05) is 13.0 Å². The summed E-state index contributed by atoms with van der Waals surface area (Å²) in [6.07, 6.45) is 0. The van der Waals surface area contributed by atoms with Crippen LogP contribution in [0.15, 0.2) is 56.1 Å².